The van der Waals surface area contributed by atoms with Gasteiger partial charge in [0, 0.05) is 17.4 Å². The van der Waals surface area contributed by atoms with E-state index in [9.17, 15) is 9.18 Å². The van der Waals surface area contributed by atoms with Gasteiger partial charge in [-0.1, -0.05) is 12.1 Å². The number of nitrogens with two attached hydrogens (primary N) is 1. The number of carbonyl (C=O) groups is 1. The van der Waals surface area contributed by atoms with E-state index in [4.69, 9.17) is 5.73 Å². The zero-order valence-electron chi connectivity index (χ0n) is 12.0. The number of rotatable bonds is 3. The van der Waals surface area contributed by atoms with E-state index < -0.39 is 6.03 Å². The molecule has 2 rings (SSSR count). The van der Waals surface area contributed by atoms with Crippen LogP contribution in [0.1, 0.15) is 24.1 Å². The summed E-state index contributed by atoms with van der Waals surface area (Å²) in [6.07, 6.45) is 0. The van der Waals surface area contributed by atoms with E-state index in [0.717, 1.165) is 11.1 Å². The van der Waals surface area contributed by atoms with Crippen molar-refractivity contribution in [3.05, 3.63) is 59.4 Å². The van der Waals surface area contributed by atoms with Crippen molar-refractivity contribution in [2.75, 3.05) is 10.6 Å². The van der Waals surface area contributed by atoms with Crippen LogP contribution in [0.15, 0.2) is 42.5 Å². The van der Waals surface area contributed by atoms with Gasteiger partial charge in [-0.25, -0.2) is 9.18 Å². The van der Waals surface area contributed by atoms with Crippen LogP contribution in [0.3, 0.4) is 0 Å². The molecule has 0 aromatic heterocycles. The van der Waals surface area contributed by atoms with Gasteiger partial charge in [0.25, 0.3) is 0 Å². The van der Waals surface area contributed by atoms with Crippen LogP contribution in [0.2, 0.25) is 0 Å². The molecule has 0 aliphatic carbocycles. The largest absolute Gasteiger partial charge is 0.324 e. The number of amides is 2. The molecule has 2 aromatic carbocycles. The minimum atomic E-state index is -0.429. The molecule has 4 N–H and O–H groups in total. The minimum Gasteiger partial charge on any atom is -0.324 e. The predicted octanol–water partition coefficient (Wildman–Crippen LogP) is 3.80. The predicted molar refractivity (Wildman–Crippen MR) is 82.8 cm³/mol. The van der Waals surface area contributed by atoms with E-state index in [-0.39, 0.29) is 11.9 Å². The Morgan fingerprint density at radius 1 is 1.14 bits per heavy atom. The van der Waals surface area contributed by atoms with Crippen molar-refractivity contribution >= 4 is 17.4 Å². The molecule has 0 saturated heterocycles. The Bertz CT molecular complexity index is 635. The lowest BCUT2D eigenvalue weighted by Gasteiger charge is -2.11. The van der Waals surface area contributed by atoms with Crippen molar-refractivity contribution in [1.29, 1.82) is 0 Å². The Hall–Kier alpha value is -2.40. The van der Waals surface area contributed by atoms with Gasteiger partial charge in [0.1, 0.15) is 5.82 Å². The minimum absolute atomic E-state index is 0.110. The number of benzene rings is 2. The summed E-state index contributed by atoms with van der Waals surface area (Å²) in [7, 11) is 0. The molecule has 0 heterocycles. The second-order valence-electron chi connectivity index (χ2n) is 5.01. The van der Waals surface area contributed by atoms with Crippen LogP contribution >= 0.6 is 0 Å². The number of hydrogen-bond donors (Lipinski definition) is 3. The highest BCUT2D eigenvalue weighted by Gasteiger charge is 2.06. The molecule has 0 saturated carbocycles. The first-order valence-corrected chi connectivity index (χ1v) is 6.65. The maximum absolute atomic E-state index is 13.3. The fourth-order valence-corrected chi connectivity index (χ4v) is 2.00. The van der Waals surface area contributed by atoms with E-state index in [1.807, 2.05) is 19.1 Å². The number of urea groups is 1. The van der Waals surface area contributed by atoms with E-state index in [2.05, 4.69) is 10.6 Å². The highest BCUT2D eigenvalue weighted by molar-refractivity contribution is 5.99. The number of anilines is 2. The average molecular weight is 287 g/mol. The molecule has 1 unspecified atom stereocenters. The second-order valence-corrected chi connectivity index (χ2v) is 5.01. The summed E-state index contributed by atoms with van der Waals surface area (Å²) in [4.78, 5) is 11.9. The Balaban J connectivity index is 2.06. The molecule has 0 spiro atoms. The van der Waals surface area contributed by atoms with Gasteiger partial charge in [0.2, 0.25) is 0 Å². The first kappa shape index (κ1) is 15.0. The van der Waals surface area contributed by atoms with Crippen molar-refractivity contribution < 1.29 is 9.18 Å². The Kier molecular flexibility index (Phi) is 4.55. The normalized spacial score (nSPS) is 11.8. The molecule has 110 valence electrons. The number of aryl methyl sites for hydroxylation is 1. The number of carbonyl (C=O) groups excluding carboxylic acids is 1. The quantitative estimate of drug-likeness (QED) is 0.803. The smallest absolute Gasteiger partial charge is 0.323 e. The number of nitrogens with one attached hydrogen (secondary N) is 2. The van der Waals surface area contributed by atoms with Gasteiger partial charge in [0.05, 0.1) is 0 Å². The molecule has 0 aliphatic heterocycles. The molecule has 21 heavy (non-hydrogen) atoms. The zero-order chi connectivity index (χ0) is 15.4. The van der Waals surface area contributed by atoms with Crippen molar-refractivity contribution in [2.45, 2.75) is 19.9 Å². The molecule has 4 nitrogen and oxygen atoms in total. The van der Waals surface area contributed by atoms with Gasteiger partial charge < -0.3 is 16.4 Å². The number of hydrogen-bond acceptors (Lipinski definition) is 2. The topological polar surface area (TPSA) is 67.2 Å². The van der Waals surface area contributed by atoms with Gasteiger partial charge in [-0.3, -0.25) is 0 Å². The molecule has 0 aliphatic rings. The highest BCUT2D eigenvalue weighted by Crippen LogP contribution is 2.17. The van der Waals surface area contributed by atoms with Crippen LogP contribution in [0.4, 0.5) is 20.6 Å². The lowest BCUT2D eigenvalue weighted by molar-refractivity contribution is 0.262. The summed E-state index contributed by atoms with van der Waals surface area (Å²) in [6, 6.07) is 11.1. The summed E-state index contributed by atoms with van der Waals surface area (Å²) in [5.41, 5.74) is 8.51. The fraction of sp³-hybridized carbons (Fsp3) is 0.188. The Morgan fingerprint density at radius 2 is 1.86 bits per heavy atom. The van der Waals surface area contributed by atoms with Crippen LogP contribution in [-0.4, -0.2) is 6.03 Å². The third-order valence-corrected chi connectivity index (χ3v) is 2.97. The maximum Gasteiger partial charge on any atom is 0.323 e. The van der Waals surface area contributed by atoms with E-state index >= 15 is 0 Å². The Labute approximate surface area is 123 Å². The molecule has 1 atom stereocenters. The van der Waals surface area contributed by atoms with Gasteiger partial charge >= 0.3 is 6.03 Å². The Morgan fingerprint density at radius 3 is 2.52 bits per heavy atom. The first-order chi connectivity index (χ1) is 9.94. The van der Waals surface area contributed by atoms with Crippen LogP contribution in [0, 0.1) is 12.7 Å². The molecule has 0 radical (unpaired) electrons. The fourth-order valence-electron chi connectivity index (χ4n) is 2.00. The van der Waals surface area contributed by atoms with Crippen molar-refractivity contribution in [1.82, 2.24) is 0 Å². The molecule has 5 heteroatoms. The monoisotopic (exact) mass is 287 g/mol. The van der Waals surface area contributed by atoms with Crippen molar-refractivity contribution in [3.63, 3.8) is 0 Å². The maximum atomic E-state index is 13.3. The van der Waals surface area contributed by atoms with E-state index in [1.54, 1.807) is 25.1 Å². The van der Waals surface area contributed by atoms with Crippen molar-refractivity contribution in [2.24, 2.45) is 5.73 Å². The van der Waals surface area contributed by atoms with Crippen LogP contribution in [0.5, 0.6) is 0 Å². The van der Waals surface area contributed by atoms with Crippen LogP contribution in [-0.2, 0) is 0 Å². The third-order valence-electron chi connectivity index (χ3n) is 2.97. The zero-order valence-corrected chi connectivity index (χ0v) is 12.0. The lowest BCUT2D eigenvalue weighted by Crippen LogP contribution is -2.19. The average Bonchev–Trinajstić information content (AvgIpc) is 2.37. The van der Waals surface area contributed by atoms with Gasteiger partial charge in [-0.15, -0.1) is 0 Å². The highest BCUT2D eigenvalue weighted by atomic mass is 19.1. The molecule has 0 fully saturated rings. The van der Waals surface area contributed by atoms with Gasteiger partial charge in [-0.05, 0) is 55.3 Å². The SMILES string of the molecule is Cc1cc(F)cc(NC(=O)Nc2cccc(C(C)N)c2)c1. The molecular weight excluding hydrogens is 269 g/mol. The molecular formula is C16H18FN3O. The van der Waals surface area contributed by atoms with Crippen LogP contribution in [0.25, 0.3) is 0 Å². The summed E-state index contributed by atoms with van der Waals surface area (Å²) in [6.45, 7) is 3.63. The first-order valence-electron chi connectivity index (χ1n) is 6.65. The summed E-state index contributed by atoms with van der Waals surface area (Å²) in [5, 5.41) is 5.30. The summed E-state index contributed by atoms with van der Waals surface area (Å²) < 4.78 is 13.3. The van der Waals surface area contributed by atoms with Crippen LogP contribution < -0.4 is 16.4 Å². The number of halogens is 1. The lowest BCUT2D eigenvalue weighted by atomic mass is 10.1. The van der Waals surface area contributed by atoms with E-state index in [1.165, 1.54) is 12.1 Å². The molecule has 2 amide bonds. The van der Waals surface area contributed by atoms with E-state index in [0.29, 0.717) is 11.4 Å². The molecule has 0 bridgehead atoms. The van der Waals surface area contributed by atoms with Gasteiger partial charge in [-0.2, -0.15) is 0 Å². The second kappa shape index (κ2) is 6.37. The molecule has 2 aromatic rings. The standard InChI is InChI=1S/C16H18FN3O/c1-10-6-13(17)9-15(7-10)20-16(21)19-14-5-3-4-12(8-14)11(2)18/h3-9,11H,18H2,1-2H3,(H2,19,20,21). The van der Waals surface area contributed by atoms with Crippen molar-refractivity contribution in [3.8, 4) is 0 Å². The summed E-state index contributed by atoms with van der Waals surface area (Å²) in [5.74, 6) is -0.385. The van der Waals surface area contributed by atoms with Gasteiger partial charge in [0.15, 0.2) is 0 Å². The summed E-state index contributed by atoms with van der Waals surface area (Å²) >= 11 is 0. The third kappa shape index (κ3) is 4.29.